The lowest BCUT2D eigenvalue weighted by Gasteiger charge is -2.06. The quantitative estimate of drug-likeness (QED) is 0.878. The van der Waals surface area contributed by atoms with Crippen LogP contribution < -0.4 is 5.32 Å². The van der Waals surface area contributed by atoms with Gasteiger partial charge in [0, 0.05) is 12.2 Å². The Morgan fingerprint density at radius 2 is 2.00 bits per heavy atom. The van der Waals surface area contributed by atoms with Crippen LogP contribution in [-0.4, -0.2) is 26.3 Å². The molecule has 0 amide bonds. The number of anilines is 1. The minimum absolute atomic E-state index is 0.747. The lowest BCUT2D eigenvalue weighted by atomic mass is 10.2. The molecule has 0 unspecified atom stereocenters. The van der Waals surface area contributed by atoms with E-state index in [1.807, 2.05) is 25.5 Å². The van der Waals surface area contributed by atoms with Crippen LogP contribution in [0.5, 0.6) is 0 Å². The summed E-state index contributed by atoms with van der Waals surface area (Å²) in [6.07, 6.45) is 3.44. The van der Waals surface area contributed by atoms with E-state index in [0.717, 1.165) is 29.6 Å². The smallest absolute Gasteiger partial charge is 0.174 e. The first-order valence-electron chi connectivity index (χ1n) is 5.72. The third kappa shape index (κ3) is 2.13. The highest BCUT2D eigenvalue weighted by atomic mass is 15.3. The van der Waals surface area contributed by atoms with Crippen molar-refractivity contribution in [3.8, 4) is 5.82 Å². The van der Waals surface area contributed by atoms with Crippen molar-refractivity contribution in [3.63, 3.8) is 0 Å². The summed E-state index contributed by atoms with van der Waals surface area (Å²) in [5.41, 5.74) is 3.32. The monoisotopic (exact) mass is 231 g/mol. The maximum Gasteiger partial charge on any atom is 0.174 e. The topological polar surface area (TPSA) is 55.6 Å². The number of nitrogens with one attached hydrogen (secondary N) is 1. The Hall–Kier alpha value is -1.91. The number of aromatic nitrogens is 4. The molecule has 1 N–H and O–H groups in total. The Morgan fingerprint density at radius 1 is 1.24 bits per heavy atom. The standard InChI is InChI=1S/C12H17N5/c1-5-14-11-6-13-7-12(15-11)17-10(4)8(2)9(3)16-17/h6-7H,5H2,1-4H3,(H,14,15). The maximum absolute atomic E-state index is 4.47. The minimum atomic E-state index is 0.747. The predicted molar refractivity (Wildman–Crippen MR) is 67.5 cm³/mol. The zero-order valence-corrected chi connectivity index (χ0v) is 10.7. The summed E-state index contributed by atoms with van der Waals surface area (Å²) in [6, 6.07) is 0. The van der Waals surface area contributed by atoms with Gasteiger partial charge in [-0.2, -0.15) is 5.10 Å². The molecule has 2 aromatic rings. The third-order valence-electron chi connectivity index (χ3n) is 2.85. The molecule has 0 aliphatic heterocycles. The fourth-order valence-corrected chi connectivity index (χ4v) is 1.67. The Morgan fingerprint density at radius 3 is 2.59 bits per heavy atom. The van der Waals surface area contributed by atoms with E-state index in [2.05, 4.69) is 27.3 Å². The van der Waals surface area contributed by atoms with E-state index < -0.39 is 0 Å². The number of rotatable bonds is 3. The second-order valence-corrected chi connectivity index (χ2v) is 4.00. The van der Waals surface area contributed by atoms with E-state index >= 15 is 0 Å². The van der Waals surface area contributed by atoms with Crippen molar-refractivity contribution >= 4 is 5.82 Å². The molecule has 5 nitrogen and oxygen atoms in total. The van der Waals surface area contributed by atoms with Crippen LogP contribution in [0.3, 0.4) is 0 Å². The van der Waals surface area contributed by atoms with E-state index in [9.17, 15) is 0 Å². The molecule has 2 aromatic heterocycles. The molecule has 0 aromatic carbocycles. The van der Waals surface area contributed by atoms with Gasteiger partial charge in [0.25, 0.3) is 0 Å². The molecule has 0 fully saturated rings. The molecule has 0 radical (unpaired) electrons. The number of hydrogen-bond donors (Lipinski definition) is 1. The normalized spacial score (nSPS) is 10.6. The molecular weight excluding hydrogens is 214 g/mol. The summed E-state index contributed by atoms with van der Waals surface area (Å²) >= 11 is 0. The number of aryl methyl sites for hydroxylation is 1. The van der Waals surface area contributed by atoms with Gasteiger partial charge in [0.1, 0.15) is 5.82 Å². The van der Waals surface area contributed by atoms with Crippen molar-refractivity contribution in [2.24, 2.45) is 0 Å². The second kappa shape index (κ2) is 4.53. The van der Waals surface area contributed by atoms with Crippen molar-refractivity contribution in [2.45, 2.75) is 27.7 Å². The van der Waals surface area contributed by atoms with Crippen molar-refractivity contribution in [1.82, 2.24) is 19.7 Å². The minimum Gasteiger partial charge on any atom is -0.369 e. The molecule has 17 heavy (non-hydrogen) atoms. The van der Waals surface area contributed by atoms with E-state index in [1.54, 1.807) is 12.4 Å². The summed E-state index contributed by atoms with van der Waals surface area (Å²) in [7, 11) is 0. The Labute approximate surface area is 101 Å². The largest absolute Gasteiger partial charge is 0.369 e. The van der Waals surface area contributed by atoms with Gasteiger partial charge >= 0.3 is 0 Å². The predicted octanol–water partition coefficient (Wildman–Crippen LogP) is 2.02. The lowest BCUT2D eigenvalue weighted by molar-refractivity contribution is 0.799. The highest BCUT2D eigenvalue weighted by molar-refractivity contribution is 5.37. The van der Waals surface area contributed by atoms with Gasteiger partial charge in [-0.05, 0) is 33.3 Å². The molecule has 0 spiro atoms. The zero-order chi connectivity index (χ0) is 12.4. The molecule has 0 saturated heterocycles. The second-order valence-electron chi connectivity index (χ2n) is 4.00. The molecule has 90 valence electrons. The molecule has 0 atom stereocenters. The Bertz CT molecular complexity index is 530. The summed E-state index contributed by atoms with van der Waals surface area (Å²) in [5, 5.41) is 7.61. The number of hydrogen-bond acceptors (Lipinski definition) is 4. The van der Waals surface area contributed by atoms with E-state index in [4.69, 9.17) is 0 Å². The first kappa shape index (κ1) is 11.6. The van der Waals surface area contributed by atoms with Crippen molar-refractivity contribution in [1.29, 1.82) is 0 Å². The van der Waals surface area contributed by atoms with E-state index in [-0.39, 0.29) is 0 Å². The van der Waals surface area contributed by atoms with Crippen LogP contribution in [0, 0.1) is 20.8 Å². The van der Waals surface area contributed by atoms with Crippen LogP contribution in [-0.2, 0) is 0 Å². The highest BCUT2D eigenvalue weighted by Crippen LogP contribution is 2.15. The van der Waals surface area contributed by atoms with E-state index in [0.29, 0.717) is 0 Å². The average Bonchev–Trinajstić information content (AvgIpc) is 2.58. The van der Waals surface area contributed by atoms with Crippen molar-refractivity contribution in [3.05, 3.63) is 29.3 Å². The molecule has 0 saturated carbocycles. The summed E-state index contributed by atoms with van der Waals surface area (Å²) < 4.78 is 1.83. The van der Waals surface area contributed by atoms with Gasteiger partial charge in [-0.1, -0.05) is 0 Å². The average molecular weight is 231 g/mol. The fraction of sp³-hybridized carbons (Fsp3) is 0.417. The van der Waals surface area contributed by atoms with Gasteiger partial charge in [-0.3, -0.25) is 4.98 Å². The fourth-order valence-electron chi connectivity index (χ4n) is 1.67. The van der Waals surface area contributed by atoms with Gasteiger partial charge in [0.2, 0.25) is 0 Å². The van der Waals surface area contributed by atoms with Crippen LogP contribution in [0.1, 0.15) is 23.9 Å². The lowest BCUT2D eigenvalue weighted by Crippen LogP contribution is -2.06. The SMILES string of the molecule is CCNc1cncc(-n2nc(C)c(C)c2C)n1. The third-order valence-corrected chi connectivity index (χ3v) is 2.85. The summed E-state index contributed by atoms with van der Waals surface area (Å²) in [6.45, 7) is 8.96. The number of nitrogens with zero attached hydrogens (tertiary/aromatic N) is 4. The van der Waals surface area contributed by atoms with Gasteiger partial charge < -0.3 is 5.32 Å². The first-order chi connectivity index (χ1) is 8.13. The molecule has 0 bridgehead atoms. The van der Waals surface area contributed by atoms with Gasteiger partial charge in [0.15, 0.2) is 5.82 Å². The van der Waals surface area contributed by atoms with Crippen LogP contribution in [0.15, 0.2) is 12.4 Å². The Kier molecular flexibility index (Phi) is 3.08. The highest BCUT2D eigenvalue weighted by Gasteiger charge is 2.10. The van der Waals surface area contributed by atoms with Gasteiger partial charge in [-0.25, -0.2) is 9.67 Å². The summed E-state index contributed by atoms with van der Waals surface area (Å²) in [4.78, 5) is 8.65. The first-order valence-corrected chi connectivity index (χ1v) is 5.72. The van der Waals surface area contributed by atoms with Crippen molar-refractivity contribution in [2.75, 3.05) is 11.9 Å². The van der Waals surface area contributed by atoms with Crippen molar-refractivity contribution < 1.29 is 0 Å². The van der Waals surface area contributed by atoms with Crippen LogP contribution in [0.2, 0.25) is 0 Å². The van der Waals surface area contributed by atoms with Crippen LogP contribution in [0.25, 0.3) is 5.82 Å². The molecule has 0 aliphatic carbocycles. The van der Waals surface area contributed by atoms with Gasteiger partial charge in [0.05, 0.1) is 18.1 Å². The molecule has 2 rings (SSSR count). The van der Waals surface area contributed by atoms with Crippen LogP contribution >= 0.6 is 0 Å². The van der Waals surface area contributed by atoms with E-state index in [1.165, 1.54) is 5.56 Å². The molecule has 0 aliphatic rings. The zero-order valence-electron chi connectivity index (χ0n) is 10.7. The molecular formula is C12H17N5. The molecule has 2 heterocycles. The van der Waals surface area contributed by atoms with Gasteiger partial charge in [-0.15, -0.1) is 0 Å². The van der Waals surface area contributed by atoms with Crippen LogP contribution in [0.4, 0.5) is 5.82 Å². The molecule has 5 heteroatoms. The summed E-state index contributed by atoms with van der Waals surface area (Å²) in [5.74, 6) is 1.52. The Balaban J connectivity index is 2.45. The maximum atomic E-state index is 4.47.